The maximum atomic E-state index is 9.43. The molecule has 0 saturated carbocycles. The normalized spacial score (nSPS) is 26.3. The predicted molar refractivity (Wildman–Crippen MR) is 223 cm³/mol. The molecular weight excluding hydrogens is 655 g/mol. The zero-order valence-electron chi connectivity index (χ0n) is 31.5. The van der Waals surface area contributed by atoms with Crippen LogP contribution in [0.3, 0.4) is 0 Å². The van der Waals surface area contributed by atoms with E-state index in [1.807, 2.05) is 6.08 Å². The van der Waals surface area contributed by atoms with Crippen molar-refractivity contribution in [3.05, 3.63) is 177 Å². The van der Waals surface area contributed by atoms with E-state index in [9.17, 15) is 5.26 Å². The molecule has 4 atom stereocenters. The summed E-state index contributed by atoms with van der Waals surface area (Å²) >= 11 is 0. The Morgan fingerprint density at radius 2 is 1.37 bits per heavy atom. The van der Waals surface area contributed by atoms with Crippen molar-refractivity contribution < 1.29 is 0 Å². The smallest absolute Gasteiger partial charge is 0.155 e. The van der Waals surface area contributed by atoms with Gasteiger partial charge in [0.25, 0.3) is 0 Å². The first kappa shape index (κ1) is 34.7. The van der Waals surface area contributed by atoms with E-state index in [0.717, 1.165) is 94.9 Å². The van der Waals surface area contributed by atoms with Crippen LogP contribution in [-0.4, -0.2) is 9.97 Å². The van der Waals surface area contributed by atoms with Gasteiger partial charge in [0.05, 0.1) is 17.5 Å². The van der Waals surface area contributed by atoms with Gasteiger partial charge in [0, 0.05) is 34.8 Å². The quantitative estimate of drug-likeness (QED) is 0.269. The molecule has 0 fully saturated rings. The molecule has 0 aliphatic heterocycles. The van der Waals surface area contributed by atoms with Gasteiger partial charge >= 0.3 is 0 Å². The van der Waals surface area contributed by atoms with Gasteiger partial charge in [-0.1, -0.05) is 109 Å². The Labute approximate surface area is 322 Å². The fourth-order valence-corrected chi connectivity index (χ4v) is 9.92. The fraction of sp³-hybridized carbons (Fsp3) is 0.353. The van der Waals surface area contributed by atoms with E-state index in [1.54, 1.807) is 11.1 Å². The summed E-state index contributed by atoms with van der Waals surface area (Å²) in [7, 11) is 0. The van der Waals surface area contributed by atoms with Crippen LogP contribution in [0.25, 0.3) is 11.1 Å². The number of nitriles is 1. The fourth-order valence-electron chi connectivity index (χ4n) is 9.92. The number of nitrogens with zero attached hydrogens (tertiary/aromatic N) is 3. The number of hydrogen-bond acceptors (Lipinski definition) is 3. The van der Waals surface area contributed by atoms with E-state index < -0.39 is 0 Å². The van der Waals surface area contributed by atoms with Crippen LogP contribution in [0.15, 0.2) is 143 Å². The summed E-state index contributed by atoms with van der Waals surface area (Å²) < 4.78 is 0. The molecule has 0 radical (unpaired) electrons. The second kappa shape index (κ2) is 15.7. The van der Waals surface area contributed by atoms with Crippen molar-refractivity contribution in [3.8, 4) is 6.07 Å². The first-order chi connectivity index (χ1) is 26.7. The van der Waals surface area contributed by atoms with Crippen molar-refractivity contribution in [3.63, 3.8) is 0 Å². The molecule has 4 unspecified atom stereocenters. The molecule has 1 aromatic heterocycles. The lowest BCUT2D eigenvalue weighted by atomic mass is 9.71. The molecule has 0 N–H and O–H groups in total. The van der Waals surface area contributed by atoms with Crippen LogP contribution in [0.2, 0.25) is 0 Å². The monoisotopic (exact) mass is 705 g/mol. The van der Waals surface area contributed by atoms with Crippen LogP contribution in [0, 0.1) is 11.3 Å². The number of allylic oxidation sites excluding steroid dienone is 22. The second-order valence-electron chi connectivity index (χ2n) is 16.1. The second-order valence-corrected chi connectivity index (χ2v) is 16.1. The van der Waals surface area contributed by atoms with Crippen LogP contribution < -0.4 is 0 Å². The van der Waals surface area contributed by atoms with E-state index in [2.05, 4.69) is 115 Å². The van der Waals surface area contributed by atoms with Crippen LogP contribution >= 0.6 is 0 Å². The molecule has 3 heteroatoms. The Hall–Kier alpha value is -5.07. The van der Waals surface area contributed by atoms with Crippen molar-refractivity contribution in [2.24, 2.45) is 0 Å². The molecule has 0 amide bonds. The van der Waals surface area contributed by atoms with Crippen LogP contribution in [0.4, 0.5) is 0 Å². The van der Waals surface area contributed by atoms with Gasteiger partial charge in [0.1, 0.15) is 0 Å². The highest BCUT2D eigenvalue weighted by atomic mass is 14.9. The van der Waals surface area contributed by atoms with E-state index in [1.165, 1.54) is 56.8 Å². The minimum Gasteiger partial charge on any atom is -0.232 e. The van der Waals surface area contributed by atoms with Crippen LogP contribution in [0.1, 0.15) is 147 Å². The third kappa shape index (κ3) is 7.00. The zero-order chi connectivity index (χ0) is 36.3. The summed E-state index contributed by atoms with van der Waals surface area (Å²) in [5.41, 5.74) is 16.3. The number of hydrogen-bond donors (Lipinski definition) is 0. The molecule has 270 valence electrons. The Morgan fingerprint density at radius 1 is 0.611 bits per heavy atom. The molecule has 7 aliphatic rings. The van der Waals surface area contributed by atoms with Crippen LogP contribution in [0.5, 0.6) is 0 Å². The van der Waals surface area contributed by atoms with Gasteiger partial charge in [-0.25, -0.2) is 9.97 Å². The average molecular weight is 706 g/mol. The highest BCUT2D eigenvalue weighted by Crippen LogP contribution is 2.48. The first-order valence-electron chi connectivity index (χ1n) is 20.7. The zero-order valence-corrected chi connectivity index (χ0v) is 31.5. The molecule has 54 heavy (non-hydrogen) atoms. The van der Waals surface area contributed by atoms with Gasteiger partial charge in [0.2, 0.25) is 0 Å². The summed E-state index contributed by atoms with van der Waals surface area (Å²) in [4.78, 5) is 11.0. The van der Waals surface area contributed by atoms with Crippen molar-refractivity contribution in [1.29, 1.82) is 5.26 Å². The predicted octanol–water partition coefficient (Wildman–Crippen LogP) is 13.2. The molecule has 2 aromatic rings. The number of rotatable bonds is 7. The summed E-state index contributed by atoms with van der Waals surface area (Å²) in [6.45, 7) is 0. The summed E-state index contributed by atoms with van der Waals surface area (Å²) in [5.74, 6) is 2.48. The minimum atomic E-state index is 0.279. The van der Waals surface area contributed by atoms with Crippen molar-refractivity contribution in [2.75, 3.05) is 0 Å². The standard InChI is InChI=1S/C51H51N3/c52-34-35-13-12-20-43(33-35)36-23-25-37(26-24-36)44-31-32-45(47-22-11-10-21-46(44)47)38-27-29-41(30-28-38)50-48(39-14-4-1-5-15-39)49(40-16-6-2-7-17-40)53-51(54-50)42-18-8-3-9-19-42/h1-4,6,8,10,12-14,18,21,23-27,32-33,40-41,43-44H,5,7,9,11,15-17,19-20,22,28-31H2. The van der Waals surface area contributed by atoms with Gasteiger partial charge < -0.3 is 0 Å². The Balaban J connectivity index is 1.02. The van der Waals surface area contributed by atoms with Gasteiger partial charge in [-0.2, -0.15) is 5.26 Å². The van der Waals surface area contributed by atoms with Gasteiger partial charge in [-0.05, 0) is 141 Å². The molecular formula is C51H51N3. The highest BCUT2D eigenvalue weighted by Gasteiger charge is 2.32. The number of aromatic nitrogens is 2. The molecule has 1 heterocycles. The SMILES string of the molecule is N#CC1=CC(c2ccc(C3CC=C(C4=CCC(c5nc(C6=CC=CCC6)nc(C6CC=CCC6)c5C5=CC=CCC5)CC4)C4=C3C=CCC4)cc2)CC=C1. The largest absolute Gasteiger partial charge is 0.232 e. The maximum Gasteiger partial charge on any atom is 0.155 e. The molecule has 0 spiro atoms. The molecule has 7 aliphatic carbocycles. The summed E-state index contributed by atoms with van der Waals surface area (Å²) in [5, 5.41) is 9.43. The Morgan fingerprint density at radius 3 is 2.07 bits per heavy atom. The average Bonchev–Trinajstić information content (AvgIpc) is 3.26. The first-order valence-corrected chi connectivity index (χ1v) is 20.7. The lowest BCUT2D eigenvalue weighted by Gasteiger charge is -2.33. The third-order valence-corrected chi connectivity index (χ3v) is 12.8. The van der Waals surface area contributed by atoms with Crippen molar-refractivity contribution in [1.82, 2.24) is 9.97 Å². The number of benzene rings is 1. The third-order valence-electron chi connectivity index (χ3n) is 12.8. The van der Waals surface area contributed by atoms with E-state index >= 15 is 0 Å². The van der Waals surface area contributed by atoms with Crippen molar-refractivity contribution >= 4 is 11.1 Å². The highest BCUT2D eigenvalue weighted by molar-refractivity contribution is 5.74. The van der Waals surface area contributed by atoms with E-state index in [-0.39, 0.29) is 5.92 Å². The van der Waals surface area contributed by atoms with Crippen molar-refractivity contribution in [2.45, 2.75) is 114 Å². The Bertz CT molecular complexity index is 2200. The molecule has 0 bridgehead atoms. The van der Waals surface area contributed by atoms with Crippen LogP contribution in [-0.2, 0) is 0 Å². The van der Waals surface area contributed by atoms with Gasteiger partial charge in [0.15, 0.2) is 5.82 Å². The molecule has 1 aromatic carbocycles. The summed E-state index contributed by atoms with van der Waals surface area (Å²) in [6.07, 6.45) is 49.6. The molecule has 3 nitrogen and oxygen atoms in total. The summed E-state index contributed by atoms with van der Waals surface area (Å²) in [6, 6.07) is 11.6. The Kier molecular flexibility index (Phi) is 10.1. The van der Waals surface area contributed by atoms with Gasteiger partial charge in [-0.3, -0.25) is 0 Å². The lowest BCUT2D eigenvalue weighted by Crippen LogP contribution is -2.19. The minimum absolute atomic E-state index is 0.279. The molecule has 9 rings (SSSR count). The maximum absolute atomic E-state index is 9.43. The van der Waals surface area contributed by atoms with Gasteiger partial charge in [-0.15, -0.1) is 0 Å². The molecule has 0 saturated heterocycles. The topological polar surface area (TPSA) is 49.6 Å². The van der Waals surface area contributed by atoms with E-state index in [0.29, 0.717) is 17.8 Å². The van der Waals surface area contributed by atoms with E-state index in [4.69, 9.17) is 9.97 Å². The lowest BCUT2D eigenvalue weighted by molar-refractivity contribution is 0.563.